The molecule has 0 aromatic heterocycles. The molecular weight excluding hydrogens is 513 g/mol. The van der Waals surface area contributed by atoms with Crippen molar-refractivity contribution in [2.45, 2.75) is 18.4 Å². The molecule has 0 atom stereocenters. The van der Waals surface area contributed by atoms with Crippen LogP contribution in [0.3, 0.4) is 0 Å². The van der Waals surface area contributed by atoms with E-state index in [0.717, 1.165) is 0 Å². The van der Waals surface area contributed by atoms with Gasteiger partial charge in [-0.1, -0.05) is 0 Å². The number of carbonyl (C=O) groups is 3. The van der Waals surface area contributed by atoms with Gasteiger partial charge in [0.2, 0.25) is 0 Å². The summed E-state index contributed by atoms with van der Waals surface area (Å²) < 4.78 is 0. The fourth-order valence-corrected chi connectivity index (χ4v) is 0.714. The molecule has 6 N–H and O–H groups in total. The zero-order valence-corrected chi connectivity index (χ0v) is 20.1. The van der Waals surface area contributed by atoms with E-state index in [2.05, 4.69) is 0 Å². The van der Waals surface area contributed by atoms with Gasteiger partial charge in [0.15, 0.2) is 5.60 Å². The minimum atomic E-state index is -2.74. The van der Waals surface area contributed by atoms with Gasteiger partial charge in [0.25, 0.3) is 0 Å². The molecule has 0 aliphatic rings. The first kappa shape index (κ1) is 33.6. The largest absolute Gasteiger partial charge is 2.00 e. The van der Waals surface area contributed by atoms with Crippen LogP contribution in [-0.4, -0.2) is 162 Å². The topological polar surface area (TPSA) is 173 Å². The predicted octanol–water partition coefficient (Wildman–Crippen LogP) is -2.59. The van der Waals surface area contributed by atoms with Gasteiger partial charge in [-0.15, -0.1) is 0 Å². The maximum Gasteiger partial charge on any atom is 2.00 e. The fourth-order valence-electron chi connectivity index (χ4n) is 0.714. The average molecular weight is 531 g/mol. The van der Waals surface area contributed by atoms with E-state index >= 15 is 0 Å². The van der Waals surface area contributed by atoms with Crippen molar-refractivity contribution < 1.29 is 72.4 Å². The normalized spacial score (nSPS) is 8.55. The molecule has 0 aromatic carbocycles. The zero-order valence-electron chi connectivity index (χ0n) is 14.7. The standard InChI is InChI=1S/C6H8O7.C2H6O2.Ba.Sr.Ti.4H/c7-3(8)1-6(13,5(11)12)2-4(9)10;3-1-2-4;;;;;;;/h13H,1-2H2,(H,7,8)(H,9,10)(H,11,12);3-4H,1-2H2;;;;;;;/q;;2*+2;;4*-1. The van der Waals surface area contributed by atoms with Crippen LogP contribution in [-0.2, 0) is 36.1 Å². The van der Waals surface area contributed by atoms with E-state index in [1.165, 1.54) is 0 Å². The van der Waals surface area contributed by atoms with Gasteiger partial charge in [-0.05, 0) is 0 Å². The van der Waals surface area contributed by atoms with Crippen LogP contribution in [0.15, 0.2) is 0 Å². The Hall–Kier alpha value is 2.06. The van der Waals surface area contributed by atoms with Crippen LogP contribution in [0.25, 0.3) is 0 Å². The van der Waals surface area contributed by atoms with E-state index in [0.29, 0.717) is 0 Å². The minimum Gasteiger partial charge on any atom is -1.00 e. The van der Waals surface area contributed by atoms with Gasteiger partial charge in [-0.2, -0.15) is 0 Å². The number of rotatable bonds is 6. The molecule has 20 heavy (non-hydrogen) atoms. The molecule has 9 nitrogen and oxygen atoms in total. The zero-order chi connectivity index (χ0) is 14.1. The van der Waals surface area contributed by atoms with Gasteiger partial charge in [-0.25, -0.2) is 4.79 Å². The second-order valence-corrected chi connectivity index (χ2v) is 2.92. The molecule has 0 heterocycles. The first-order valence-electron chi connectivity index (χ1n) is 4.30. The Morgan fingerprint density at radius 2 is 1.15 bits per heavy atom. The molecule has 0 radical (unpaired) electrons. The van der Waals surface area contributed by atoms with Crippen molar-refractivity contribution in [3.8, 4) is 0 Å². The second kappa shape index (κ2) is 19.1. The molecule has 0 fully saturated rings. The van der Waals surface area contributed by atoms with Crippen molar-refractivity contribution in [2.75, 3.05) is 13.2 Å². The Morgan fingerprint density at radius 3 is 1.25 bits per heavy atom. The number of hydrogen-bond acceptors (Lipinski definition) is 6. The van der Waals surface area contributed by atoms with Crippen LogP contribution in [0.4, 0.5) is 0 Å². The van der Waals surface area contributed by atoms with E-state index in [4.69, 9.17) is 30.6 Å². The number of aliphatic hydroxyl groups excluding tert-OH is 2. The monoisotopic (exact) mass is 532 g/mol. The van der Waals surface area contributed by atoms with Crippen LogP contribution in [0.2, 0.25) is 0 Å². The van der Waals surface area contributed by atoms with E-state index in [-0.39, 0.29) is 135 Å². The molecule has 0 saturated carbocycles. The average Bonchev–Trinajstić information content (AvgIpc) is 2.15. The molecule has 0 aliphatic carbocycles. The van der Waals surface area contributed by atoms with E-state index < -0.39 is 36.4 Å². The maximum absolute atomic E-state index is 10.3. The van der Waals surface area contributed by atoms with Crippen molar-refractivity contribution in [1.29, 1.82) is 0 Å². The Labute approximate surface area is 212 Å². The van der Waals surface area contributed by atoms with Crippen molar-refractivity contribution in [2.24, 2.45) is 0 Å². The Balaban J connectivity index is -0.0000000266. The summed E-state index contributed by atoms with van der Waals surface area (Å²) in [5.41, 5.74) is -2.74. The van der Waals surface area contributed by atoms with Crippen molar-refractivity contribution in [1.82, 2.24) is 0 Å². The Morgan fingerprint density at radius 1 is 0.900 bits per heavy atom. The van der Waals surface area contributed by atoms with Crippen molar-refractivity contribution in [3.05, 3.63) is 0 Å². The summed E-state index contributed by atoms with van der Waals surface area (Å²) in [5.74, 6) is -5.02. The van der Waals surface area contributed by atoms with Gasteiger partial charge in [-0.3, -0.25) is 9.59 Å². The third-order valence-corrected chi connectivity index (χ3v) is 1.39. The van der Waals surface area contributed by atoms with Crippen LogP contribution in [0.1, 0.15) is 18.5 Å². The molecule has 112 valence electrons. The number of carboxylic acids is 3. The molecule has 0 aromatic rings. The summed E-state index contributed by atoms with van der Waals surface area (Å²) in [4.78, 5) is 30.5. The molecule has 0 saturated heterocycles. The van der Waals surface area contributed by atoms with Crippen LogP contribution in [0.5, 0.6) is 0 Å². The van der Waals surface area contributed by atoms with Crippen LogP contribution >= 0.6 is 0 Å². The summed E-state index contributed by atoms with van der Waals surface area (Å²) in [6.45, 7) is -0.250. The van der Waals surface area contributed by atoms with Gasteiger partial charge in [0, 0.05) is 21.7 Å². The molecule has 0 bridgehead atoms. The summed E-state index contributed by atoms with van der Waals surface area (Å²) in [6, 6.07) is 0. The quantitative estimate of drug-likeness (QED) is 0.201. The molecule has 0 amide bonds. The van der Waals surface area contributed by atoms with Gasteiger partial charge < -0.3 is 36.3 Å². The van der Waals surface area contributed by atoms with Crippen molar-refractivity contribution in [3.63, 3.8) is 0 Å². The van der Waals surface area contributed by atoms with Crippen LogP contribution < -0.4 is 0 Å². The predicted molar refractivity (Wildman–Crippen MR) is 67.2 cm³/mol. The Kier molecular flexibility index (Phi) is 32.1. The molecule has 0 aliphatic heterocycles. The summed E-state index contributed by atoms with van der Waals surface area (Å²) in [5, 5.41) is 49.1. The van der Waals surface area contributed by atoms with Crippen LogP contribution in [0, 0.1) is 0 Å². The molecule has 12 heteroatoms. The summed E-state index contributed by atoms with van der Waals surface area (Å²) in [7, 11) is 0. The summed E-state index contributed by atoms with van der Waals surface area (Å²) in [6.07, 6.45) is -2.29. The molecule has 0 spiro atoms. The SMILES string of the molecule is O=C(O)CC(O)(CC(=O)O)C(=O)O.OCCO.[Ba+2].[H-].[H-].[H-].[H-].[Sr+2].[Ti]. The summed E-state index contributed by atoms with van der Waals surface area (Å²) >= 11 is 0. The van der Waals surface area contributed by atoms with Gasteiger partial charge >= 0.3 is 112 Å². The van der Waals surface area contributed by atoms with Gasteiger partial charge in [0.05, 0.1) is 26.1 Å². The third kappa shape index (κ3) is 20.1. The van der Waals surface area contributed by atoms with E-state index in [9.17, 15) is 14.4 Å². The second-order valence-electron chi connectivity index (χ2n) is 2.92. The number of carboxylic acid groups (broad SMARTS) is 3. The first-order valence-corrected chi connectivity index (χ1v) is 4.30. The third-order valence-electron chi connectivity index (χ3n) is 1.39. The number of aliphatic hydroxyl groups is 3. The smallest absolute Gasteiger partial charge is 1.00 e. The fraction of sp³-hybridized carbons (Fsp3) is 0.625. The first-order chi connectivity index (χ1) is 7.69. The number of hydrogen-bond donors (Lipinski definition) is 6. The van der Waals surface area contributed by atoms with Gasteiger partial charge in [0.1, 0.15) is 0 Å². The Bertz CT molecular complexity index is 287. The molecule has 0 rings (SSSR count). The number of aliphatic carboxylic acids is 3. The van der Waals surface area contributed by atoms with E-state index in [1.54, 1.807) is 0 Å². The van der Waals surface area contributed by atoms with E-state index in [1.807, 2.05) is 0 Å². The molecule has 0 unspecified atom stereocenters. The van der Waals surface area contributed by atoms with Crippen molar-refractivity contribution >= 4 is 112 Å². The minimum absolute atomic E-state index is 0. The molecular formula is C8H18BaO9SrTi. The maximum atomic E-state index is 10.3.